The van der Waals surface area contributed by atoms with Crippen LogP contribution in [-0.2, 0) is 4.79 Å². The van der Waals surface area contributed by atoms with Gasteiger partial charge in [-0.3, -0.25) is 9.78 Å². The average molecular weight is 422 g/mol. The molecule has 4 rings (SSSR count). The number of amides is 1. The first-order valence-corrected chi connectivity index (χ1v) is 11.8. The van der Waals surface area contributed by atoms with Crippen molar-refractivity contribution < 1.29 is 4.79 Å². The molecule has 6 nitrogen and oxygen atoms in total. The molecular weight excluding hydrogens is 386 g/mol. The van der Waals surface area contributed by atoms with Crippen LogP contribution in [0, 0.1) is 11.8 Å². The summed E-state index contributed by atoms with van der Waals surface area (Å²) in [5.74, 6) is 2.37. The Labute approximate surface area is 186 Å². The van der Waals surface area contributed by atoms with Crippen LogP contribution in [0.5, 0.6) is 0 Å². The standard InChI is InChI=1S/C25H35N5O/c1-18(2)13-23(31)29-11-6-9-21(17-29)24-22(20-8-4-10-26-14-20)15-27-25(28-24)30-12-5-7-19(3)16-30/h4,8,10,14-15,18-19,21H,5-7,9,11-13,16-17H2,1-3H3. The van der Waals surface area contributed by atoms with Crippen LogP contribution in [0.2, 0.25) is 0 Å². The maximum atomic E-state index is 12.8. The zero-order valence-corrected chi connectivity index (χ0v) is 19.1. The summed E-state index contributed by atoms with van der Waals surface area (Å²) in [7, 11) is 0. The van der Waals surface area contributed by atoms with Gasteiger partial charge in [0.15, 0.2) is 0 Å². The minimum absolute atomic E-state index is 0.226. The largest absolute Gasteiger partial charge is 0.342 e. The van der Waals surface area contributed by atoms with E-state index in [0.29, 0.717) is 18.3 Å². The number of hydrogen-bond acceptors (Lipinski definition) is 5. The predicted octanol–water partition coefficient (Wildman–Crippen LogP) is 4.53. The summed E-state index contributed by atoms with van der Waals surface area (Å²) >= 11 is 0. The molecule has 2 saturated heterocycles. The van der Waals surface area contributed by atoms with Crippen LogP contribution in [0.15, 0.2) is 30.7 Å². The number of rotatable bonds is 5. The number of carbonyl (C=O) groups excluding carboxylic acids is 1. The second-order valence-electron chi connectivity index (χ2n) is 9.68. The minimum atomic E-state index is 0.226. The maximum absolute atomic E-state index is 12.8. The topological polar surface area (TPSA) is 62.2 Å². The van der Waals surface area contributed by atoms with Crippen LogP contribution in [0.25, 0.3) is 11.1 Å². The Bertz CT molecular complexity index is 885. The highest BCUT2D eigenvalue weighted by molar-refractivity contribution is 5.76. The molecule has 6 heteroatoms. The van der Waals surface area contributed by atoms with Crippen molar-refractivity contribution in [1.82, 2.24) is 19.9 Å². The van der Waals surface area contributed by atoms with Gasteiger partial charge in [-0.05, 0) is 43.6 Å². The minimum Gasteiger partial charge on any atom is -0.342 e. The molecule has 4 heterocycles. The lowest BCUT2D eigenvalue weighted by Crippen LogP contribution is -2.40. The molecule has 0 aliphatic carbocycles. The van der Waals surface area contributed by atoms with Crippen molar-refractivity contribution >= 4 is 11.9 Å². The Hall–Kier alpha value is -2.50. The number of aromatic nitrogens is 3. The highest BCUT2D eigenvalue weighted by atomic mass is 16.2. The molecule has 0 radical (unpaired) electrons. The Balaban J connectivity index is 1.66. The number of piperidine rings is 2. The second-order valence-corrected chi connectivity index (χ2v) is 9.68. The molecule has 2 aromatic heterocycles. The SMILES string of the molecule is CC(C)CC(=O)N1CCCC(c2nc(N3CCCC(C)C3)ncc2-c2cccnc2)C1. The smallest absolute Gasteiger partial charge is 0.225 e. The van der Waals surface area contributed by atoms with E-state index in [1.165, 1.54) is 12.8 Å². The van der Waals surface area contributed by atoms with Crippen LogP contribution in [-0.4, -0.2) is 51.9 Å². The lowest BCUT2D eigenvalue weighted by molar-refractivity contribution is -0.133. The van der Waals surface area contributed by atoms with E-state index in [0.717, 1.165) is 61.8 Å². The highest BCUT2D eigenvalue weighted by Crippen LogP contribution is 2.34. The van der Waals surface area contributed by atoms with Crippen molar-refractivity contribution in [2.24, 2.45) is 11.8 Å². The first-order valence-electron chi connectivity index (χ1n) is 11.8. The molecule has 2 fully saturated rings. The Morgan fingerprint density at radius 1 is 1.16 bits per heavy atom. The lowest BCUT2D eigenvalue weighted by Gasteiger charge is -2.35. The normalized spacial score (nSPS) is 22.1. The number of likely N-dealkylation sites (tertiary alicyclic amines) is 1. The van der Waals surface area contributed by atoms with Crippen molar-refractivity contribution in [3.8, 4) is 11.1 Å². The van der Waals surface area contributed by atoms with E-state index in [9.17, 15) is 4.79 Å². The quantitative estimate of drug-likeness (QED) is 0.710. The number of anilines is 1. The number of pyridine rings is 1. The summed E-state index contributed by atoms with van der Waals surface area (Å²) in [4.78, 5) is 31.4. The van der Waals surface area contributed by atoms with E-state index in [1.807, 2.05) is 23.4 Å². The Morgan fingerprint density at radius 3 is 2.74 bits per heavy atom. The molecule has 2 unspecified atom stereocenters. The van der Waals surface area contributed by atoms with Crippen LogP contribution in [0.4, 0.5) is 5.95 Å². The van der Waals surface area contributed by atoms with Gasteiger partial charge in [-0.15, -0.1) is 0 Å². The fourth-order valence-electron chi connectivity index (χ4n) is 4.87. The molecule has 166 valence electrons. The van der Waals surface area contributed by atoms with Crippen molar-refractivity contribution in [3.05, 3.63) is 36.4 Å². The molecule has 31 heavy (non-hydrogen) atoms. The van der Waals surface area contributed by atoms with Crippen molar-refractivity contribution in [1.29, 1.82) is 0 Å². The molecular formula is C25H35N5O. The van der Waals surface area contributed by atoms with Gasteiger partial charge in [-0.1, -0.05) is 26.8 Å². The first-order chi connectivity index (χ1) is 15.0. The summed E-state index contributed by atoms with van der Waals surface area (Å²) in [6.07, 6.45) is 10.8. The summed E-state index contributed by atoms with van der Waals surface area (Å²) in [6.45, 7) is 10.1. The van der Waals surface area contributed by atoms with Gasteiger partial charge in [-0.25, -0.2) is 9.97 Å². The van der Waals surface area contributed by atoms with Crippen molar-refractivity contribution in [3.63, 3.8) is 0 Å². The fraction of sp³-hybridized carbons (Fsp3) is 0.600. The third kappa shape index (κ3) is 5.23. The second kappa shape index (κ2) is 9.75. The molecule has 2 aliphatic rings. The average Bonchev–Trinajstić information content (AvgIpc) is 2.79. The monoisotopic (exact) mass is 421 g/mol. The van der Waals surface area contributed by atoms with Gasteiger partial charge < -0.3 is 9.80 Å². The third-order valence-corrected chi connectivity index (χ3v) is 6.46. The predicted molar refractivity (Wildman–Crippen MR) is 124 cm³/mol. The number of hydrogen-bond donors (Lipinski definition) is 0. The summed E-state index contributed by atoms with van der Waals surface area (Å²) in [5.41, 5.74) is 3.16. The first kappa shape index (κ1) is 21.7. The molecule has 0 saturated carbocycles. The van der Waals surface area contributed by atoms with Crippen LogP contribution >= 0.6 is 0 Å². The highest BCUT2D eigenvalue weighted by Gasteiger charge is 2.29. The number of nitrogens with zero attached hydrogens (tertiary/aromatic N) is 5. The van der Waals surface area contributed by atoms with Crippen LogP contribution in [0.1, 0.15) is 64.5 Å². The van der Waals surface area contributed by atoms with E-state index in [2.05, 4.69) is 36.7 Å². The van der Waals surface area contributed by atoms with E-state index in [1.54, 1.807) is 6.20 Å². The van der Waals surface area contributed by atoms with Gasteiger partial charge in [0.25, 0.3) is 0 Å². The van der Waals surface area contributed by atoms with Gasteiger partial charge in [0.1, 0.15) is 0 Å². The Morgan fingerprint density at radius 2 is 2.00 bits per heavy atom. The van der Waals surface area contributed by atoms with E-state index < -0.39 is 0 Å². The molecule has 2 atom stereocenters. The third-order valence-electron chi connectivity index (χ3n) is 6.46. The fourth-order valence-corrected chi connectivity index (χ4v) is 4.87. The molecule has 2 aliphatic heterocycles. The zero-order chi connectivity index (χ0) is 21.8. The van der Waals surface area contributed by atoms with Gasteiger partial charge in [0.05, 0.1) is 5.69 Å². The lowest BCUT2D eigenvalue weighted by atomic mass is 9.90. The summed E-state index contributed by atoms with van der Waals surface area (Å²) in [5, 5.41) is 0. The molecule has 0 aromatic carbocycles. The van der Waals surface area contributed by atoms with E-state index in [-0.39, 0.29) is 11.8 Å². The zero-order valence-electron chi connectivity index (χ0n) is 19.1. The van der Waals surface area contributed by atoms with E-state index >= 15 is 0 Å². The van der Waals surface area contributed by atoms with Crippen LogP contribution in [0.3, 0.4) is 0 Å². The maximum Gasteiger partial charge on any atom is 0.225 e. The molecule has 0 spiro atoms. The Kier molecular flexibility index (Phi) is 6.83. The molecule has 1 amide bonds. The molecule has 0 N–H and O–H groups in total. The van der Waals surface area contributed by atoms with Gasteiger partial charge in [0.2, 0.25) is 11.9 Å². The number of carbonyl (C=O) groups is 1. The van der Waals surface area contributed by atoms with Gasteiger partial charge >= 0.3 is 0 Å². The molecule has 0 bridgehead atoms. The van der Waals surface area contributed by atoms with E-state index in [4.69, 9.17) is 9.97 Å². The van der Waals surface area contributed by atoms with Gasteiger partial charge in [0, 0.05) is 68.2 Å². The summed E-state index contributed by atoms with van der Waals surface area (Å²) < 4.78 is 0. The van der Waals surface area contributed by atoms with Crippen molar-refractivity contribution in [2.45, 2.75) is 58.8 Å². The van der Waals surface area contributed by atoms with Crippen LogP contribution < -0.4 is 4.90 Å². The van der Waals surface area contributed by atoms with Gasteiger partial charge in [-0.2, -0.15) is 0 Å². The molecule has 2 aromatic rings. The summed E-state index contributed by atoms with van der Waals surface area (Å²) in [6, 6.07) is 4.03. The van der Waals surface area contributed by atoms with Crippen molar-refractivity contribution in [2.75, 3.05) is 31.1 Å².